The molecular formula is C18H25F3N4O3. The molecule has 0 atom stereocenters. The molecule has 2 fully saturated rings. The third-order valence-electron chi connectivity index (χ3n) is 5.40. The predicted molar refractivity (Wildman–Crippen MR) is 99.0 cm³/mol. The van der Waals surface area contributed by atoms with Crippen LogP contribution in [0.1, 0.15) is 12.8 Å². The molecule has 2 saturated heterocycles. The lowest BCUT2D eigenvalue weighted by Crippen LogP contribution is -2.52. The van der Waals surface area contributed by atoms with Crippen LogP contribution in [-0.4, -0.2) is 79.9 Å². The number of nitro groups is 1. The second-order valence-corrected chi connectivity index (χ2v) is 7.37. The molecule has 3 rings (SSSR count). The molecule has 2 aliphatic heterocycles. The highest BCUT2D eigenvalue weighted by Crippen LogP contribution is 2.35. The number of hydrogen-bond donors (Lipinski definition) is 0. The van der Waals surface area contributed by atoms with Gasteiger partial charge in [0, 0.05) is 51.4 Å². The molecule has 1 aromatic rings. The largest absolute Gasteiger partial charge is 0.482 e. The van der Waals surface area contributed by atoms with E-state index in [9.17, 15) is 23.3 Å². The van der Waals surface area contributed by atoms with Crippen LogP contribution in [0.2, 0.25) is 0 Å². The fourth-order valence-corrected chi connectivity index (χ4v) is 3.81. The lowest BCUT2D eigenvalue weighted by atomic mass is 10.0. The Bertz CT molecular complexity index is 685. The first kappa shape index (κ1) is 20.7. The summed E-state index contributed by atoms with van der Waals surface area (Å²) < 4.78 is 42.6. The Morgan fingerprint density at radius 2 is 1.79 bits per heavy atom. The number of benzene rings is 1. The van der Waals surface area contributed by atoms with E-state index in [1.807, 2.05) is 4.90 Å². The number of rotatable bonds is 5. The first-order chi connectivity index (χ1) is 13.2. The number of ether oxygens (including phenoxy) is 1. The van der Waals surface area contributed by atoms with Gasteiger partial charge in [0.25, 0.3) is 5.69 Å². The number of non-ortho nitro benzene ring substituents is 1. The molecule has 7 nitrogen and oxygen atoms in total. The summed E-state index contributed by atoms with van der Waals surface area (Å²) in [7, 11) is 2.11. The molecule has 1 aromatic carbocycles. The van der Waals surface area contributed by atoms with Crippen molar-refractivity contribution in [1.29, 1.82) is 0 Å². The SMILES string of the molecule is CN1CCN(C2CCN(c3ccc([N+](=O)[O-])cc3OCC(F)(F)F)CC2)CC1. The van der Waals surface area contributed by atoms with Crippen LogP contribution in [0.5, 0.6) is 5.75 Å². The van der Waals surface area contributed by atoms with Crippen molar-refractivity contribution in [3.8, 4) is 5.75 Å². The second-order valence-electron chi connectivity index (χ2n) is 7.37. The van der Waals surface area contributed by atoms with E-state index in [-0.39, 0.29) is 11.4 Å². The van der Waals surface area contributed by atoms with Crippen LogP contribution in [0, 0.1) is 10.1 Å². The molecule has 0 amide bonds. The van der Waals surface area contributed by atoms with Crippen LogP contribution in [0.4, 0.5) is 24.5 Å². The van der Waals surface area contributed by atoms with Crippen molar-refractivity contribution in [2.75, 3.05) is 57.8 Å². The summed E-state index contributed by atoms with van der Waals surface area (Å²) in [6, 6.07) is 4.33. The Morgan fingerprint density at radius 1 is 1.14 bits per heavy atom. The zero-order valence-electron chi connectivity index (χ0n) is 15.8. The Morgan fingerprint density at radius 3 is 2.36 bits per heavy atom. The third-order valence-corrected chi connectivity index (χ3v) is 5.40. The fourth-order valence-electron chi connectivity index (χ4n) is 3.81. The van der Waals surface area contributed by atoms with Crippen LogP contribution in [0.15, 0.2) is 18.2 Å². The van der Waals surface area contributed by atoms with Crippen LogP contribution >= 0.6 is 0 Å². The summed E-state index contributed by atoms with van der Waals surface area (Å²) in [6.07, 6.45) is -2.70. The summed E-state index contributed by atoms with van der Waals surface area (Å²) in [5.41, 5.74) is 0.194. The van der Waals surface area contributed by atoms with Gasteiger partial charge in [0.2, 0.25) is 0 Å². The maximum absolute atomic E-state index is 12.6. The summed E-state index contributed by atoms with van der Waals surface area (Å²) in [6.45, 7) is 4.01. The topological polar surface area (TPSA) is 62.1 Å². The molecule has 0 bridgehead atoms. The van der Waals surface area contributed by atoms with Gasteiger partial charge in [0.1, 0.15) is 5.75 Å². The summed E-state index contributed by atoms with van der Waals surface area (Å²) in [4.78, 5) is 17.1. The number of piperidine rings is 1. The van der Waals surface area contributed by atoms with E-state index in [1.54, 1.807) is 0 Å². The lowest BCUT2D eigenvalue weighted by molar-refractivity contribution is -0.384. The minimum atomic E-state index is -4.50. The molecule has 0 N–H and O–H groups in total. The average molecular weight is 402 g/mol. The number of nitro benzene ring substituents is 1. The molecule has 0 radical (unpaired) electrons. The smallest absolute Gasteiger partial charge is 0.422 e. The molecule has 0 aromatic heterocycles. The second kappa shape index (κ2) is 8.52. The van der Waals surface area contributed by atoms with Gasteiger partial charge in [-0.2, -0.15) is 13.2 Å². The monoisotopic (exact) mass is 402 g/mol. The van der Waals surface area contributed by atoms with Gasteiger partial charge in [-0.1, -0.05) is 0 Å². The van der Waals surface area contributed by atoms with E-state index >= 15 is 0 Å². The molecule has 0 unspecified atom stereocenters. The number of anilines is 1. The Labute approximate surface area is 161 Å². The van der Waals surface area contributed by atoms with Crippen LogP contribution in [0.25, 0.3) is 0 Å². The third kappa shape index (κ3) is 5.26. The minimum Gasteiger partial charge on any atom is -0.482 e. The fraction of sp³-hybridized carbons (Fsp3) is 0.667. The zero-order chi connectivity index (χ0) is 20.3. The average Bonchev–Trinajstić information content (AvgIpc) is 2.66. The highest BCUT2D eigenvalue weighted by molar-refractivity contribution is 5.62. The first-order valence-corrected chi connectivity index (χ1v) is 9.38. The molecule has 156 valence electrons. The van der Waals surface area contributed by atoms with Gasteiger partial charge >= 0.3 is 6.18 Å². The molecule has 28 heavy (non-hydrogen) atoms. The van der Waals surface area contributed by atoms with E-state index in [4.69, 9.17) is 4.74 Å². The van der Waals surface area contributed by atoms with Gasteiger partial charge in [-0.3, -0.25) is 15.0 Å². The lowest BCUT2D eigenvalue weighted by Gasteiger charge is -2.42. The summed E-state index contributed by atoms with van der Waals surface area (Å²) in [5.74, 6) is -0.0930. The van der Waals surface area contributed by atoms with E-state index in [1.165, 1.54) is 12.1 Å². The van der Waals surface area contributed by atoms with Crippen molar-refractivity contribution < 1.29 is 22.8 Å². The Kier molecular flexibility index (Phi) is 6.29. The van der Waals surface area contributed by atoms with Crippen molar-refractivity contribution in [2.45, 2.75) is 25.1 Å². The first-order valence-electron chi connectivity index (χ1n) is 9.38. The minimum absolute atomic E-state index is 0.0930. The number of piperazine rings is 1. The van der Waals surface area contributed by atoms with Crippen LogP contribution < -0.4 is 9.64 Å². The quantitative estimate of drug-likeness (QED) is 0.558. The van der Waals surface area contributed by atoms with Gasteiger partial charge in [-0.25, -0.2) is 0 Å². The van der Waals surface area contributed by atoms with E-state index in [0.717, 1.165) is 45.1 Å². The molecule has 0 aliphatic carbocycles. The van der Waals surface area contributed by atoms with E-state index in [0.29, 0.717) is 24.8 Å². The van der Waals surface area contributed by atoms with Crippen LogP contribution in [0.3, 0.4) is 0 Å². The van der Waals surface area contributed by atoms with E-state index in [2.05, 4.69) is 16.8 Å². The summed E-state index contributed by atoms with van der Waals surface area (Å²) in [5, 5.41) is 11.0. The number of halogens is 3. The van der Waals surface area contributed by atoms with Gasteiger partial charge in [-0.05, 0) is 26.0 Å². The zero-order valence-corrected chi connectivity index (χ0v) is 15.8. The van der Waals surface area contributed by atoms with Crippen molar-refractivity contribution in [3.63, 3.8) is 0 Å². The highest BCUT2D eigenvalue weighted by atomic mass is 19.4. The standard InChI is InChI=1S/C18H25F3N4O3/c1-22-8-10-23(11-9-22)14-4-6-24(7-5-14)16-3-2-15(25(26)27)12-17(16)28-13-18(19,20)21/h2-3,12,14H,4-11,13H2,1H3. The maximum atomic E-state index is 12.6. The van der Waals surface area contributed by atoms with Gasteiger partial charge in [-0.15, -0.1) is 0 Å². The summed E-state index contributed by atoms with van der Waals surface area (Å²) >= 11 is 0. The number of alkyl halides is 3. The number of nitrogens with zero attached hydrogens (tertiary/aromatic N) is 4. The Balaban J connectivity index is 1.68. The number of hydrogen-bond acceptors (Lipinski definition) is 6. The van der Waals surface area contributed by atoms with Crippen molar-refractivity contribution in [1.82, 2.24) is 9.80 Å². The molecule has 0 saturated carbocycles. The normalized spacial score (nSPS) is 20.4. The molecule has 2 aliphatic rings. The van der Waals surface area contributed by atoms with Gasteiger partial charge in [0.05, 0.1) is 16.7 Å². The number of likely N-dealkylation sites (N-methyl/N-ethyl adjacent to an activating group) is 1. The van der Waals surface area contributed by atoms with Crippen molar-refractivity contribution >= 4 is 11.4 Å². The molecule has 0 spiro atoms. The van der Waals surface area contributed by atoms with Crippen LogP contribution in [-0.2, 0) is 0 Å². The Hall–Kier alpha value is -2.07. The molecule has 2 heterocycles. The molecular weight excluding hydrogens is 377 g/mol. The highest BCUT2D eigenvalue weighted by Gasteiger charge is 2.31. The van der Waals surface area contributed by atoms with E-state index < -0.39 is 17.7 Å². The van der Waals surface area contributed by atoms with Gasteiger partial charge < -0.3 is 14.5 Å². The predicted octanol–water partition coefficient (Wildman–Crippen LogP) is 2.75. The maximum Gasteiger partial charge on any atom is 0.422 e. The van der Waals surface area contributed by atoms with Crippen molar-refractivity contribution in [2.24, 2.45) is 0 Å². The van der Waals surface area contributed by atoms with Gasteiger partial charge in [0.15, 0.2) is 6.61 Å². The molecule has 10 heteroatoms. The van der Waals surface area contributed by atoms with Crippen molar-refractivity contribution in [3.05, 3.63) is 28.3 Å².